The number of allylic oxidation sites excluding steroid dienone is 1. The van der Waals surface area contributed by atoms with Crippen LogP contribution in [0.15, 0.2) is 103 Å². The van der Waals surface area contributed by atoms with Crippen LogP contribution in [0.2, 0.25) is 34.8 Å². The van der Waals surface area contributed by atoms with Crippen molar-refractivity contribution in [2.45, 2.75) is 136 Å². The summed E-state index contributed by atoms with van der Waals surface area (Å²) in [5.74, 6) is 0. The van der Waals surface area contributed by atoms with Crippen molar-refractivity contribution < 1.29 is 8.85 Å². The van der Waals surface area contributed by atoms with Gasteiger partial charge < -0.3 is 8.85 Å². The maximum absolute atomic E-state index is 7.69. The van der Waals surface area contributed by atoms with E-state index in [2.05, 4.69) is 199 Å². The highest BCUT2D eigenvalue weighted by Gasteiger charge is 2.53. The predicted octanol–water partition coefficient (Wildman–Crippen LogP) is 11.9. The first kappa shape index (κ1) is 40.6. The summed E-state index contributed by atoms with van der Waals surface area (Å²) in [4.78, 5) is 0. The van der Waals surface area contributed by atoms with E-state index in [1.807, 2.05) is 0 Å². The number of hydrogen-bond donors (Lipinski definition) is 0. The summed E-state index contributed by atoms with van der Waals surface area (Å²) in [6.07, 6.45) is 6.50. The van der Waals surface area contributed by atoms with Gasteiger partial charge in [-0.1, -0.05) is 143 Å². The molecule has 3 rings (SSSR count). The van der Waals surface area contributed by atoms with Gasteiger partial charge in [-0.3, -0.25) is 0 Å². The Hall–Kier alpha value is -1.82. The van der Waals surface area contributed by atoms with E-state index in [0.29, 0.717) is 16.6 Å². The Morgan fingerprint density at radius 2 is 1.00 bits per heavy atom. The Labute approximate surface area is 298 Å². The first-order valence-corrected chi connectivity index (χ1v) is 25.4. The van der Waals surface area contributed by atoms with E-state index in [4.69, 9.17) is 8.85 Å². The van der Waals surface area contributed by atoms with Gasteiger partial charge in [0, 0.05) is 11.8 Å². The molecule has 5 heteroatoms. The molecule has 0 amide bonds. The molecule has 0 aliphatic heterocycles. The molecule has 0 radical (unpaired) electrons. The monoisotopic (exact) mass is 703 g/mol. The molecule has 0 N–H and O–H groups in total. The van der Waals surface area contributed by atoms with Crippen LogP contribution in [0.3, 0.4) is 0 Å². The molecule has 2 nitrogen and oxygen atoms in total. The molecule has 2 atom stereocenters. The second-order valence-corrected chi connectivity index (χ2v) is 30.7. The van der Waals surface area contributed by atoms with Gasteiger partial charge >= 0.3 is 0 Å². The van der Waals surface area contributed by atoms with Gasteiger partial charge in [-0.25, -0.2) is 0 Å². The Bertz CT molecular complexity index is 1290. The fourth-order valence-electron chi connectivity index (χ4n) is 7.73. The number of rotatable bonds is 16. The lowest BCUT2D eigenvalue weighted by Gasteiger charge is -2.51. The van der Waals surface area contributed by atoms with Crippen molar-refractivity contribution in [3.05, 3.63) is 103 Å². The first-order chi connectivity index (χ1) is 22.4. The highest BCUT2D eigenvalue weighted by atomic mass is 31.2. The molecule has 0 saturated heterocycles. The molecular weight excluding hydrogens is 636 g/mol. The lowest BCUT2D eigenvalue weighted by molar-refractivity contribution is -0.0153. The summed E-state index contributed by atoms with van der Waals surface area (Å²) in [6.45, 7) is 33.3. The minimum absolute atomic E-state index is 0.00768. The fraction of sp³-hybridized carbons (Fsp3) is 0.535. The molecule has 264 valence electrons. The third kappa shape index (κ3) is 8.55. The normalized spacial score (nSPS) is 15.1. The first-order valence-electron chi connectivity index (χ1n) is 18.4. The minimum atomic E-state index is -2.18. The maximum atomic E-state index is 7.69. The molecule has 0 aliphatic rings. The second-order valence-electron chi connectivity index (χ2n) is 16.9. The second kappa shape index (κ2) is 16.5. The summed E-state index contributed by atoms with van der Waals surface area (Å²) >= 11 is 0. The van der Waals surface area contributed by atoms with Crippen molar-refractivity contribution in [2.24, 2.45) is 5.41 Å². The van der Waals surface area contributed by atoms with Crippen molar-refractivity contribution in [2.75, 3.05) is 6.16 Å². The van der Waals surface area contributed by atoms with Gasteiger partial charge in [0.15, 0.2) is 8.32 Å². The van der Waals surface area contributed by atoms with Gasteiger partial charge in [0.1, 0.15) is 23.2 Å². The minimum Gasteiger partial charge on any atom is -0.413 e. The van der Waals surface area contributed by atoms with Crippen LogP contribution in [0.1, 0.15) is 89.5 Å². The Morgan fingerprint density at radius 1 is 0.625 bits per heavy atom. The molecule has 0 fully saturated rings. The van der Waals surface area contributed by atoms with Gasteiger partial charge in [0.05, 0.1) is 18.4 Å². The van der Waals surface area contributed by atoms with Crippen LogP contribution in [0.5, 0.6) is 0 Å². The SMILES string of the molecule is C/C=C/[C@H](O[Si](C(C)C)(C(C)C)C(C)C)C(C)(C)[C@H](CC[P+](c1ccccc1)(c1ccccc1)c1ccccc1)O[Si](C)(C)C(C)(C)C. The summed E-state index contributed by atoms with van der Waals surface area (Å²) in [5, 5.41) is 4.38. The maximum Gasteiger partial charge on any atom is 0.201 e. The van der Waals surface area contributed by atoms with Crippen molar-refractivity contribution in [3.8, 4) is 0 Å². The molecule has 0 aromatic heterocycles. The smallest absolute Gasteiger partial charge is 0.201 e. The topological polar surface area (TPSA) is 18.5 Å². The lowest BCUT2D eigenvalue weighted by atomic mass is 9.79. The number of hydrogen-bond acceptors (Lipinski definition) is 2. The molecule has 0 unspecified atom stereocenters. The zero-order chi connectivity index (χ0) is 36.0. The van der Waals surface area contributed by atoms with Crippen LogP contribution in [0, 0.1) is 5.41 Å². The predicted molar refractivity (Wildman–Crippen MR) is 221 cm³/mol. The molecule has 0 spiro atoms. The highest BCUT2D eigenvalue weighted by molar-refractivity contribution is 7.95. The average molecular weight is 704 g/mol. The lowest BCUT2D eigenvalue weighted by Crippen LogP contribution is -2.56. The molecule has 0 heterocycles. The summed E-state index contributed by atoms with van der Waals surface area (Å²) in [6, 6.07) is 33.9. The van der Waals surface area contributed by atoms with Crippen LogP contribution in [-0.2, 0) is 8.85 Å². The fourth-order valence-corrected chi connectivity index (χ4v) is 19.2. The van der Waals surface area contributed by atoms with Crippen LogP contribution >= 0.6 is 7.26 Å². The van der Waals surface area contributed by atoms with E-state index >= 15 is 0 Å². The van der Waals surface area contributed by atoms with Crippen molar-refractivity contribution >= 4 is 39.8 Å². The highest BCUT2D eigenvalue weighted by Crippen LogP contribution is 2.57. The van der Waals surface area contributed by atoms with Gasteiger partial charge in [-0.2, -0.15) is 0 Å². The van der Waals surface area contributed by atoms with E-state index in [1.165, 1.54) is 15.9 Å². The Kier molecular flexibility index (Phi) is 13.9. The zero-order valence-electron chi connectivity index (χ0n) is 32.9. The third-order valence-corrected chi connectivity index (χ3v) is 26.6. The zero-order valence-corrected chi connectivity index (χ0v) is 35.8. The van der Waals surface area contributed by atoms with Crippen LogP contribution in [0.25, 0.3) is 0 Å². The largest absolute Gasteiger partial charge is 0.413 e. The van der Waals surface area contributed by atoms with Crippen LogP contribution in [0.4, 0.5) is 0 Å². The van der Waals surface area contributed by atoms with Crippen LogP contribution < -0.4 is 15.9 Å². The molecule has 3 aromatic rings. The van der Waals surface area contributed by atoms with Crippen molar-refractivity contribution in [1.82, 2.24) is 0 Å². The van der Waals surface area contributed by atoms with Crippen LogP contribution in [-0.4, -0.2) is 35.0 Å². The Balaban J connectivity index is 2.26. The van der Waals surface area contributed by atoms with E-state index < -0.39 is 23.9 Å². The standard InChI is InChI=1S/C43H68O2PSi2/c1-15-25-40(45-48(34(2)3,35(4)5)36(6)7)43(11,12)41(44-47(13,14)42(8,9)10)32-33-46(37-26-19-16-20-27-37,38-28-21-17-22-29-38)39-30-23-18-24-31-39/h15-31,34-36,40-41H,32-33H2,1-14H3/q+1/b25-15+/t40-,41-/m0/s1. The quantitative estimate of drug-likeness (QED) is 0.0840. The summed E-state index contributed by atoms with van der Waals surface area (Å²) < 4.78 is 15.3. The van der Waals surface area contributed by atoms with Gasteiger partial charge in [0.25, 0.3) is 0 Å². The van der Waals surface area contributed by atoms with E-state index in [-0.39, 0.29) is 22.7 Å². The summed E-state index contributed by atoms with van der Waals surface area (Å²) in [7, 11) is -6.38. The van der Waals surface area contributed by atoms with Gasteiger partial charge in [0.2, 0.25) is 8.32 Å². The molecule has 0 bridgehead atoms. The van der Waals surface area contributed by atoms with E-state index in [9.17, 15) is 0 Å². The molecular formula is C43H68O2PSi2+. The molecule has 3 aromatic carbocycles. The van der Waals surface area contributed by atoms with E-state index in [0.717, 1.165) is 12.6 Å². The van der Waals surface area contributed by atoms with Gasteiger partial charge in [-0.15, -0.1) is 0 Å². The van der Waals surface area contributed by atoms with Crippen molar-refractivity contribution in [1.29, 1.82) is 0 Å². The molecule has 0 aliphatic carbocycles. The van der Waals surface area contributed by atoms with E-state index in [1.54, 1.807) is 0 Å². The molecule has 48 heavy (non-hydrogen) atoms. The average Bonchev–Trinajstić information content (AvgIpc) is 3.03. The third-order valence-electron chi connectivity index (χ3n) is 11.5. The van der Waals surface area contributed by atoms with Crippen molar-refractivity contribution in [3.63, 3.8) is 0 Å². The van der Waals surface area contributed by atoms with Gasteiger partial charge in [-0.05, 0) is 78.1 Å². The number of benzene rings is 3. The summed E-state index contributed by atoms with van der Waals surface area (Å²) in [5.41, 5.74) is 1.26. The molecule has 0 saturated carbocycles. The Morgan fingerprint density at radius 3 is 1.31 bits per heavy atom.